The fraction of sp³-hybridized carbons (Fsp3) is 0.483. The Morgan fingerprint density at radius 3 is 1.06 bits per heavy atom. The van der Waals surface area contributed by atoms with Crippen LogP contribution in [0, 0.1) is 0 Å². The Balaban J connectivity index is 5.03. The highest BCUT2D eigenvalue weighted by Gasteiger charge is 2.28. The molecule has 400 valence electrons. The molecular formula is C60H89O11P. The van der Waals surface area contributed by atoms with Crippen molar-refractivity contribution in [3.8, 4) is 0 Å². The lowest BCUT2D eigenvalue weighted by Crippen LogP contribution is -2.30. The van der Waals surface area contributed by atoms with Crippen molar-refractivity contribution in [2.45, 2.75) is 161 Å². The molecule has 0 aliphatic rings. The summed E-state index contributed by atoms with van der Waals surface area (Å²) in [5.41, 5.74) is 0. The van der Waals surface area contributed by atoms with Crippen molar-refractivity contribution in [2.24, 2.45) is 0 Å². The number of carbonyl (C=O) groups is 3. The molecule has 2 N–H and O–H groups in total. The fourth-order valence-electron chi connectivity index (χ4n) is 5.85. The normalized spacial score (nSPS) is 14.8. The number of phosphoric ester groups is 1. The summed E-state index contributed by atoms with van der Waals surface area (Å²) in [7, 11) is -4.82. The number of hydrogen-bond acceptors (Lipinski definition) is 10. The fourth-order valence-corrected chi connectivity index (χ4v) is 6.63. The van der Waals surface area contributed by atoms with Crippen LogP contribution < -0.4 is 0 Å². The van der Waals surface area contributed by atoms with E-state index in [0.717, 1.165) is 89.9 Å². The first-order valence-electron chi connectivity index (χ1n) is 26.0. The summed E-state index contributed by atoms with van der Waals surface area (Å²) in [6.07, 6.45) is 69.6. The molecule has 11 nitrogen and oxygen atoms in total. The molecule has 0 rings (SSSR count). The van der Waals surface area contributed by atoms with Crippen LogP contribution in [0.15, 0.2) is 170 Å². The van der Waals surface area contributed by atoms with Gasteiger partial charge in [0, 0.05) is 6.42 Å². The molecule has 0 aromatic carbocycles. The van der Waals surface area contributed by atoms with Crippen LogP contribution in [-0.2, 0) is 42.2 Å². The number of unbranched alkanes of at least 4 members (excludes halogenated alkanes) is 2. The second-order valence-corrected chi connectivity index (χ2v) is 17.7. The zero-order valence-corrected chi connectivity index (χ0v) is 44.7. The standard InChI is InChI=1S/C60H89O11P/c1-4-7-10-13-16-19-22-25-28-31-34-37-40-43-46-49-58(62)67-53-57(71-60(64)51-48-45-42-39-36-33-30-27-24-21-18-15-12-9-6-3)55-69-72(65,66)68-54-56(52-61)70-59(63)50-47-44-41-38-35-32-29-26-23-20-17-14-11-8-5-2/h7-12,16-21,25-30,34-39,44-45,47-48,56-57,61H,4-6,13-15,22-24,31-33,40-43,46,49-55H2,1-3H3,(H,65,66)/b10-7-,11-8-,12-9-,19-16-,20-17-,21-18-,28-25-,29-26-,30-27-,37-34-,38-35-,39-36-,47-44-,48-45-. The number of carbonyl (C=O) groups excluding carboxylic acids is 3. The van der Waals surface area contributed by atoms with Gasteiger partial charge in [0.15, 0.2) is 6.10 Å². The summed E-state index contributed by atoms with van der Waals surface area (Å²) in [6, 6.07) is 0. The first-order chi connectivity index (χ1) is 35.2. The highest BCUT2D eigenvalue weighted by molar-refractivity contribution is 7.47. The maximum Gasteiger partial charge on any atom is 0.472 e. The third-order valence-electron chi connectivity index (χ3n) is 9.68. The van der Waals surface area contributed by atoms with E-state index in [0.29, 0.717) is 19.3 Å². The Morgan fingerprint density at radius 1 is 0.403 bits per heavy atom. The molecule has 0 amide bonds. The molecule has 0 aromatic heterocycles. The van der Waals surface area contributed by atoms with Crippen LogP contribution in [0.5, 0.6) is 0 Å². The Hall–Kier alpha value is -5.16. The molecule has 0 saturated carbocycles. The summed E-state index contributed by atoms with van der Waals surface area (Å²) in [5.74, 6) is -1.84. The van der Waals surface area contributed by atoms with E-state index in [9.17, 15) is 28.9 Å². The Kier molecular flexibility index (Phi) is 48.4. The van der Waals surface area contributed by atoms with E-state index in [4.69, 9.17) is 23.3 Å². The van der Waals surface area contributed by atoms with Crippen molar-refractivity contribution in [1.82, 2.24) is 0 Å². The van der Waals surface area contributed by atoms with E-state index in [1.165, 1.54) is 0 Å². The molecule has 0 fully saturated rings. The lowest BCUT2D eigenvalue weighted by molar-refractivity contribution is -0.160. The van der Waals surface area contributed by atoms with Crippen molar-refractivity contribution in [2.75, 3.05) is 26.4 Å². The number of esters is 3. The van der Waals surface area contributed by atoms with Gasteiger partial charge in [-0.1, -0.05) is 191 Å². The van der Waals surface area contributed by atoms with Gasteiger partial charge >= 0.3 is 25.7 Å². The Morgan fingerprint density at radius 2 is 0.708 bits per heavy atom. The molecule has 3 atom stereocenters. The van der Waals surface area contributed by atoms with Gasteiger partial charge in [0.2, 0.25) is 0 Å². The summed E-state index contributed by atoms with van der Waals surface area (Å²) < 4.78 is 39.1. The molecule has 0 saturated heterocycles. The number of phosphoric acid groups is 1. The molecule has 72 heavy (non-hydrogen) atoms. The van der Waals surface area contributed by atoms with E-state index in [1.54, 1.807) is 12.2 Å². The first-order valence-corrected chi connectivity index (χ1v) is 27.5. The van der Waals surface area contributed by atoms with Gasteiger partial charge in [-0.25, -0.2) is 4.57 Å². The van der Waals surface area contributed by atoms with Crippen molar-refractivity contribution in [1.29, 1.82) is 0 Å². The van der Waals surface area contributed by atoms with Gasteiger partial charge in [0.1, 0.15) is 12.7 Å². The molecule has 3 unspecified atom stereocenters. The van der Waals surface area contributed by atoms with Crippen LogP contribution in [0.25, 0.3) is 0 Å². The maximum atomic E-state index is 12.8. The van der Waals surface area contributed by atoms with Crippen molar-refractivity contribution >= 4 is 25.7 Å². The quantitative estimate of drug-likeness (QED) is 0.0197. The summed E-state index contributed by atoms with van der Waals surface area (Å²) in [5, 5.41) is 9.76. The second-order valence-electron chi connectivity index (χ2n) is 16.2. The molecule has 0 aliphatic carbocycles. The summed E-state index contributed by atoms with van der Waals surface area (Å²) >= 11 is 0. The number of hydrogen-bond donors (Lipinski definition) is 2. The van der Waals surface area contributed by atoms with Gasteiger partial charge in [-0.3, -0.25) is 23.4 Å². The maximum absolute atomic E-state index is 12.8. The summed E-state index contributed by atoms with van der Waals surface area (Å²) in [6.45, 7) is 3.97. The van der Waals surface area contributed by atoms with E-state index >= 15 is 0 Å². The van der Waals surface area contributed by atoms with Crippen LogP contribution in [0.3, 0.4) is 0 Å². The van der Waals surface area contributed by atoms with Gasteiger partial charge in [0.25, 0.3) is 0 Å². The summed E-state index contributed by atoms with van der Waals surface area (Å²) in [4.78, 5) is 48.2. The third-order valence-corrected chi connectivity index (χ3v) is 10.6. The van der Waals surface area contributed by atoms with Crippen LogP contribution in [0.4, 0.5) is 0 Å². The van der Waals surface area contributed by atoms with Gasteiger partial charge in [0.05, 0.1) is 32.7 Å². The first kappa shape index (κ1) is 66.8. The van der Waals surface area contributed by atoms with E-state index in [2.05, 4.69) is 142 Å². The Labute approximate surface area is 434 Å². The van der Waals surface area contributed by atoms with E-state index in [1.807, 2.05) is 36.5 Å². The molecule has 0 bridgehead atoms. The van der Waals surface area contributed by atoms with Gasteiger partial charge < -0.3 is 24.2 Å². The predicted molar refractivity (Wildman–Crippen MR) is 297 cm³/mol. The van der Waals surface area contributed by atoms with Gasteiger partial charge in [-0.05, 0) is 109 Å². The molecule has 12 heteroatoms. The van der Waals surface area contributed by atoms with Crippen molar-refractivity contribution in [3.05, 3.63) is 170 Å². The van der Waals surface area contributed by atoms with Gasteiger partial charge in [-0.2, -0.15) is 0 Å². The third kappa shape index (κ3) is 49.8. The van der Waals surface area contributed by atoms with Crippen LogP contribution in [0.2, 0.25) is 0 Å². The minimum Gasteiger partial charge on any atom is -0.462 e. The number of rotatable bonds is 45. The number of aliphatic hydroxyl groups is 1. The number of ether oxygens (including phenoxy) is 3. The predicted octanol–water partition coefficient (Wildman–Crippen LogP) is 15.1. The van der Waals surface area contributed by atoms with E-state index < -0.39 is 64.4 Å². The van der Waals surface area contributed by atoms with E-state index in [-0.39, 0.29) is 19.3 Å². The topological polar surface area (TPSA) is 155 Å². The van der Waals surface area contributed by atoms with Crippen molar-refractivity contribution < 1.29 is 52.2 Å². The number of aliphatic hydroxyl groups excluding tert-OH is 1. The monoisotopic (exact) mass is 1020 g/mol. The highest BCUT2D eigenvalue weighted by atomic mass is 31.2. The minimum absolute atomic E-state index is 0.0754. The van der Waals surface area contributed by atoms with Gasteiger partial charge in [-0.15, -0.1) is 0 Å². The molecule has 0 heterocycles. The molecular weight excluding hydrogens is 928 g/mol. The highest BCUT2D eigenvalue weighted by Crippen LogP contribution is 2.43. The smallest absolute Gasteiger partial charge is 0.462 e. The lowest BCUT2D eigenvalue weighted by atomic mass is 10.2. The average Bonchev–Trinajstić information content (AvgIpc) is 3.37. The molecule has 0 radical (unpaired) electrons. The average molecular weight is 1020 g/mol. The second kappa shape index (κ2) is 52.2. The Bertz CT molecular complexity index is 1850. The molecule has 0 aromatic rings. The molecule has 0 spiro atoms. The van der Waals surface area contributed by atoms with Crippen LogP contribution in [0.1, 0.15) is 149 Å². The molecule has 0 aliphatic heterocycles. The largest absolute Gasteiger partial charge is 0.472 e. The number of allylic oxidation sites excluding steroid dienone is 26. The zero-order valence-electron chi connectivity index (χ0n) is 43.8. The lowest BCUT2D eigenvalue weighted by Gasteiger charge is -2.21. The van der Waals surface area contributed by atoms with Crippen molar-refractivity contribution in [3.63, 3.8) is 0 Å². The minimum atomic E-state index is -4.82. The zero-order chi connectivity index (χ0) is 52.7. The van der Waals surface area contributed by atoms with Crippen LogP contribution >= 0.6 is 7.82 Å². The van der Waals surface area contributed by atoms with Crippen LogP contribution in [-0.4, -0.2) is 66.5 Å². The SMILES string of the molecule is CC/C=C\C/C=C\C/C=C\C/C=C\C/C=C\CC(=O)OC(CO)COP(=O)(O)OCC(COC(=O)CCCC/C=C\C/C=C\C/C=C\C/C=C\CC)OC(=O)C/C=C\C/C=C\C/C=C\C/C=C\C/C=C\CC.